The zero-order valence-electron chi connectivity index (χ0n) is 8.55. The van der Waals surface area contributed by atoms with Crippen LogP contribution in [-0.4, -0.2) is 27.8 Å². The van der Waals surface area contributed by atoms with Crippen LogP contribution in [0.1, 0.15) is 13.3 Å². The Balaban J connectivity index is 2.07. The Labute approximate surface area is 97.6 Å². The molecule has 1 aliphatic heterocycles. The topological polar surface area (TPSA) is 30.5 Å². The first-order valence-corrected chi connectivity index (χ1v) is 8.78. The van der Waals surface area contributed by atoms with Crippen molar-refractivity contribution in [1.29, 1.82) is 0 Å². The zero-order valence-corrected chi connectivity index (χ0v) is 11.2. The molecule has 0 aromatic heterocycles. The Morgan fingerprint density at radius 2 is 2.13 bits per heavy atom. The van der Waals surface area contributed by atoms with Gasteiger partial charge in [0.2, 0.25) is 0 Å². The summed E-state index contributed by atoms with van der Waals surface area (Å²) in [5.41, 5.74) is 1.03. The average Bonchev–Trinajstić information content (AvgIpc) is 2.18. The Morgan fingerprint density at radius 1 is 1.40 bits per heavy atom. The SMILES string of the molecule is C[C@H]1CCO[P@](=[Se])(Nc2ccccc2)O1. The summed E-state index contributed by atoms with van der Waals surface area (Å²) in [6.07, 6.45) is -0.804. The van der Waals surface area contributed by atoms with Crippen molar-refractivity contribution in [1.82, 2.24) is 0 Å². The van der Waals surface area contributed by atoms with Crippen LogP contribution in [-0.2, 0) is 9.05 Å². The quantitative estimate of drug-likeness (QED) is 0.671. The molecule has 0 radical (unpaired) electrons. The van der Waals surface area contributed by atoms with Crippen molar-refractivity contribution in [2.45, 2.75) is 19.4 Å². The summed E-state index contributed by atoms with van der Waals surface area (Å²) < 4.78 is 11.5. The molecule has 82 valence electrons. The molecule has 0 bridgehead atoms. The second-order valence-corrected chi connectivity index (χ2v) is 8.23. The third-order valence-electron chi connectivity index (χ3n) is 2.14. The molecule has 0 amide bonds. The van der Waals surface area contributed by atoms with Crippen molar-refractivity contribution < 1.29 is 9.05 Å². The third kappa shape index (κ3) is 3.17. The first-order valence-electron chi connectivity index (χ1n) is 4.94. The molecule has 2 atom stereocenters. The minimum atomic E-state index is -2.02. The molecular weight excluding hydrogens is 276 g/mol. The van der Waals surface area contributed by atoms with Gasteiger partial charge in [0.15, 0.2) is 0 Å². The Hall–Kier alpha value is -0.111. The third-order valence-corrected chi connectivity index (χ3v) is 5.62. The van der Waals surface area contributed by atoms with E-state index in [9.17, 15) is 0 Å². The van der Waals surface area contributed by atoms with Crippen LogP contribution in [0.5, 0.6) is 0 Å². The molecule has 0 saturated carbocycles. The maximum absolute atomic E-state index is 5.80. The van der Waals surface area contributed by atoms with Crippen LogP contribution in [0.15, 0.2) is 30.3 Å². The fourth-order valence-corrected chi connectivity index (χ4v) is 5.01. The Bertz CT molecular complexity index is 371. The van der Waals surface area contributed by atoms with Crippen molar-refractivity contribution in [3.05, 3.63) is 30.3 Å². The first-order chi connectivity index (χ1) is 7.18. The van der Waals surface area contributed by atoms with Gasteiger partial charge in [-0.25, -0.2) is 0 Å². The summed E-state index contributed by atoms with van der Waals surface area (Å²) in [6, 6.07) is 9.97. The molecule has 1 aromatic rings. The molecule has 3 nitrogen and oxygen atoms in total. The van der Waals surface area contributed by atoms with Gasteiger partial charge in [-0.1, -0.05) is 0 Å². The van der Waals surface area contributed by atoms with Crippen LogP contribution in [0.3, 0.4) is 0 Å². The van der Waals surface area contributed by atoms with Crippen LogP contribution < -0.4 is 5.09 Å². The summed E-state index contributed by atoms with van der Waals surface area (Å²) in [6.45, 7) is 2.82. The zero-order chi connectivity index (χ0) is 10.7. The van der Waals surface area contributed by atoms with Gasteiger partial charge in [-0.15, -0.1) is 0 Å². The number of anilines is 1. The van der Waals surface area contributed by atoms with Crippen molar-refractivity contribution >= 4 is 26.9 Å². The second kappa shape index (κ2) is 4.82. The molecule has 0 spiro atoms. The molecule has 1 heterocycles. The van der Waals surface area contributed by atoms with E-state index in [1.807, 2.05) is 30.3 Å². The van der Waals surface area contributed by atoms with Crippen molar-refractivity contribution in [3.63, 3.8) is 0 Å². The predicted molar refractivity (Wildman–Crippen MR) is 63.9 cm³/mol. The molecule has 0 aliphatic carbocycles. The Morgan fingerprint density at radius 3 is 2.80 bits per heavy atom. The van der Waals surface area contributed by atoms with Crippen molar-refractivity contribution in [2.75, 3.05) is 11.7 Å². The van der Waals surface area contributed by atoms with Gasteiger partial charge in [-0.3, -0.25) is 0 Å². The molecule has 1 saturated heterocycles. The average molecular weight is 290 g/mol. The molecule has 1 aromatic carbocycles. The molecule has 1 aliphatic rings. The Kier molecular flexibility index (Phi) is 3.65. The summed E-state index contributed by atoms with van der Waals surface area (Å²) in [5, 5.41) is 3.30. The predicted octanol–water partition coefficient (Wildman–Crippen LogP) is 2.77. The van der Waals surface area contributed by atoms with Crippen LogP contribution in [0, 0.1) is 0 Å². The van der Waals surface area contributed by atoms with Crippen LogP contribution >= 0.6 is 6.11 Å². The van der Waals surface area contributed by atoms with Gasteiger partial charge in [0, 0.05) is 0 Å². The molecule has 5 heteroatoms. The van der Waals surface area contributed by atoms with Crippen LogP contribution in [0.4, 0.5) is 5.69 Å². The minimum absolute atomic E-state index is 0.254. The number of para-hydroxylation sites is 1. The standard InChI is InChI=1S/C10H14NO2PSe/c1-9-7-8-12-14(15,13-9)11-10-5-3-2-4-6-10/h2-6,9H,7-8H2,1H3,(H,11,15)/t9-,14+/m0/s1. The van der Waals surface area contributed by atoms with E-state index in [2.05, 4.69) is 27.1 Å². The van der Waals surface area contributed by atoms with Crippen LogP contribution in [0.25, 0.3) is 0 Å². The van der Waals surface area contributed by atoms with Crippen molar-refractivity contribution in [2.24, 2.45) is 0 Å². The van der Waals surface area contributed by atoms with E-state index in [0.717, 1.165) is 18.7 Å². The molecule has 1 N–H and O–H groups in total. The van der Waals surface area contributed by atoms with Gasteiger partial charge in [-0.05, 0) is 0 Å². The number of nitrogens with one attached hydrogen (secondary N) is 1. The maximum atomic E-state index is 5.80. The van der Waals surface area contributed by atoms with Crippen LogP contribution in [0.2, 0.25) is 0 Å². The normalized spacial score (nSPS) is 31.1. The summed E-state index contributed by atoms with van der Waals surface area (Å²) in [4.78, 5) is 0. The number of hydrogen-bond donors (Lipinski definition) is 1. The van der Waals surface area contributed by atoms with Gasteiger partial charge in [0.25, 0.3) is 0 Å². The molecule has 15 heavy (non-hydrogen) atoms. The van der Waals surface area contributed by atoms with Crippen molar-refractivity contribution in [3.8, 4) is 0 Å². The van der Waals surface area contributed by atoms with E-state index in [0.29, 0.717) is 0 Å². The summed E-state index contributed by atoms with van der Waals surface area (Å²) >= 11 is 3.03. The van der Waals surface area contributed by atoms with Gasteiger partial charge in [-0.2, -0.15) is 0 Å². The molecule has 2 rings (SSSR count). The fourth-order valence-electron chi connectivity index (χ4n) is 1.39. The summed E-state index contributed by atoms with van der Waals surface area (Å²) in [5.74, 6) is 0. The summed E-state index contributed by atoms with van der Waals surface area (Å²) in [7, 11) is 0. The molecule has 1 fully saturated rings. The molecule has 0 unspecified atom stereocenters. The van der Waals surface area contributed by atoms with Gasteiger partial charge < -0.3 is 0 Å². The first kappa shape index (κ1) is 11.4. The second-order valence-electron chi connectivity index (χ2n) is 3.51. The fraction of sp³-hybridized carbons (Fsp3) is 0.400. The monoisotopic (exact) mass is 291 g/mol. The van der Waals surface area contributed by atoms with Gasteiger partial charge in [0.1, 0.15) is 0 Å². The molecular formula is C10H14NO2PSe. The van der Waals surface area contributed by atoms with E-state index in [-0.39, 0.29) is 6.10 Å². The number of hydrogen-bond acceptors (Lipinski definition) is 3. The van der Waals surface area contributed by atoms with E-state index in [1.165, 1.54) is 0 Å². The van der Waals surface area contributed by atoms with E-state index >= 15 is 0 Å². The van der Waals surface area contributed by atoms with Gasteiger partial charge in [0.05, 0.1) is 0 Å². The van der Waals surface area contributed by atoms with E-state index in [4.69, 9.17) is 9.05 Å². The van der Waals surface area contributed by atoms with E-state index < -0.39 is 6.11 Å². The van der Waals surface area contributed by atoms with Gasteiger partial charge >= 0.3 is 97.4 Å². The van der Waals surface area contributed by atoms with E-state index in [1.54, 1.807) is 0 Å². The number of rotatable bonds is 2. The number of benzene rings is 1.